The number of aromatic amines is 1. The first-order valence-corrected chi connectivity index (χ1v) is 8.39. The van der Waals surface area contributed by atoms with Crippen LogP contribution in [0.3, 0.4) is 0 Å². The van der Waals surface area contributed by atoms with Crippen LogP contribution < -0.4 is 10.6 Å². The summed E-state index contributed by atoms with van der Waals surface area (Å²) in [4.78, 5) is 24.6. The number of hydrogen-bond acceptors (Lipinski definition) is 3. The van der Waals surface area contributed by atoms with Crippen LogP contribution in [0.5, 0.6) is 0 Å². The first-order valence-electron chi connectivity index (χ1n) is 8.01. The minimum absolute atomic E-state index is 0.159. The Kier molecular flexibility index (Phi) is 5.34. The van der Waals surface area contributed by atoms with E-state index in [9.17, 15) is 9.59 Å². The van der Waals surface area contributed by atoms with Gasteiger partial charge < -0.3 is 10.6 Å². The Morgan fingerprint density at radius 3 is 2.46 bits per heavy atom. The average molecular weight is 369 g/mol. The van der Waals surface area contributed by atoms with Gasteiger partial charge in [-0.25, -0.2) is 0 Å². The molecule has 3 rings (SSSR count). The zero-order valence-electron chi connectivity index (χ0n) is 14.0. The number of amides is 2. The number of anilines is 1. The number of carbonyl (C=O) groups is 2. The van der Waals surface area contributed by atoms with Gasteiger partial charge in [0.25, 0.3) is 11.8 Å². The minimum atomic E-state index is -0.397. The van der Waals surface area contributed by atoms with E-state index >= 15 is 0 Å². The third-order valence-corrected chi connectivity index (χ3v) is 4.16. The molecule has 1 heterocycles. The Morgan fingerprint density at radius 1 is 1.04 bits per heavy atom. The first-order chi connectivity index (χ1) is 12.5. The molecular weight excluding hydrogens is 352 g/mol. The highest BCUT2D eigenvalue weighted by molar-refractivity contribution is 6.34. The Hall–Kier alpha value is -3.12. The maximum atomic E-state index is 12.3. The summed E-state index contributed by atoms with van der Waals surface area (Å²) in [5.74, 6) is -0.466. The second-order valence-corrected chi connectivity index (χ2v) is 6.11. The summed E-state index contributed by atoms with van der Waals surface area (Å²) in [6.45, 7) is 1.89. The van der Waals surface area contributed by atoms with Gasteiger partial charge in [-0.3, -0.25) is 14.7 Å². The Bertz CT molecular complexity index is 924. The summed E-state index contributed by atoms with van der Waals surface area (Å²) in [5, 5.41) is 12.4. The van der Waals surface area contributed by atoms with Crippen molar-refractivity contribution < 1.29 is 9.59 Å². The van der Waals surface area contributed by atoms with Gasteiger partial charge in [-0.05, 0) is 24.6 Å². The van der Waals surface area contributed by atoms with E-state index in [4.69, 9.17) is 11.6 Å². The zero-order valence-corrected chi connectivity index (χ0v) is 14.7. The van der Waals surface area contributed by atoms with E-state index < -0.39 is 5.91 Å². The highest BCUT2D eigenvalue weighted by atomic mass is 35.5. The lowest BCUT2D eigenvalue weighted by atomic mass is 10.1. The van der Waals surface area contributed by atoms with Gasteiger partial charge >= 0.3 is 0 Å². The predicted octanol–water partition coefficient (Wildman–Crippen LogP) is 3.81. The number of nitrogens with zero attached hydrogens (tertiary/aromatic N) is 1. The van der Waals surface area contributed by atoms with E-state index in [1.165, 1.54) is 6.07 Å². The lowest BCUT2D eigenvalue weighted by molar-refractivity contribution is 0.0934. The number of hydrogen-bond donors (Lipinski definition) is 3. The van der Waals surface area contributed by atoms with Gasteiger partial charge in [0, 0.05) is 6.07 Å². The van der Waals surface area contributed by atoms with Gasteiger partial charge in [-0.2, -0.15) is 5.10 Å². The standard InChI is InChI=1S/C19H17ClN4O2/c1-12(13-7-3-2-4-8-13)21-19(26)16-11-17(24-23-16)22-18(25)14-9-5-6-10-15(14)20/h2-12H,1H3,(H,21,26)(H2,22,23,24,25). The topological polar surface area (TPSA) is 86.9 Å². The summed E-state index contributed by atoms with van der Waals surface area (Å²) >= 11 is 6.00. The second-order valence-electron chi connectivity index (χ2n) is 5.71. The van der Waals surface area contributed by atoms with Crippen molar-refractivity contribution in [3.63, 3.8) is 0 Å². The highest BCUT2D eigenvalue weighted by Crippen LogP contribution is 2.17. The molecule has 1 unspecified atom stereocenters. The molecule has 6 nitrogen and oxygen atoms in total. The van der Waals surface area contributed by atoms with Gasteiger partial charge in [0.1, 0.15) is 5.69 Å². The van der Waals surface area contributed by atoms with Crippen molar-refractivity contribution in [1.29, 1.82) is 0 Å². The van der Waals surface area contributed by atoms with Crippen LogP contribution in [0.15, 0.2) is 60.7 Å². The normalized spacial score (nSPS) is 11.6. The molecule has 0 aliphatic rings. The van der Waals surface area contributed by atoms with Gasteiger partial charge in [0.2, 0.25) is 0 Å². The molecule has 3 aromatic rings. The number of nitrogens with one attached hydrogen (secondary N) is 3. The SMILES string of the molecule is CC(NC(=O)c1cc(NC(=O)c2ccccc2Cl)n[nH]1)c1ccccc1. The van der Waals surface area contributed by atoms with E-state index in [1.807, 2.05) is 37.3 Å². The summed E-state index contributed by atoms with van der Waals surface area (Å²) in [6.07, 6.45) is 0. The predicted molar refractivity (Wildman–Crippen MR) is 100 cm³/mol. The molecule has 1 atom stereocenters. The third kappa shape index (κ3) is 4.10. The van der Waals surface area contributed by atoms with Crippen LogP contribution in [0, 0.1) is 0 Å². The number of H-pyrrole nitrogens is 1. The molecule has 0 aliphatic heterocycles. The fourth-order valence-corrected chi connectivity index (χ4v) is 2.65. The molecule has 0 spiro atoms. The van der Waals surface area contributed by atoms with Crippen LogP contribution in [0.1, 0.15) is 39.4 Å². The number of rotatable bonds is 5. The molecule has 26 heavy (non-hydrogen) atoms. The molecule has 7 heteroatoms. The monoisotopic (exact) mass is 368 g/mol. The van der Waals surface area contributed by atoms with E-state index in [-0.39, 0.29) is 23.5 Å². The quantitative estimate of drug-likeness (QED) is 0.640. The summed E-state index contributed by atoms with van der Waals surface area (Å²) < 4.78 is 0. The third-order valence-electron chi connectivity index (χ3n) is 3.83. The molecule has 0 saturated carbocycles. The van der Waals surface area contributed by atoms with E-state index in [1.54, 1.807) is 24.3 Å². The molecular formula is C19H17ClN4O2. The van der Waals surface area contributed by atoms with Crippen LogP contribution in [0.2, 0.25) is 5.02 Å². The van der Waals surface area contributed by atoms with Gasteiger partial charge in [0.05, 0.1) is 16.6 Å². The van der Waals surface area contributed by atoms with Crippen molar-refractivity contribution in [2.45, 2.75) is 13.0 Å². The molecule has 0 fully saturated rings. The largest absolute Gasteiger partial charge is 0.344 e. The highest BCUT2D eigenvalue weighted by Gasteiger charge is 2.16. The molecule has 0 saturated heterocycles. The number of carbonyl (C=O) groups excluding carboxylic acids is 2. The summed E-state index contributed by atoms with van der Waals surface area (Å²) in [7, 11) is 0. The first kappa shape index (κ1) is 17.7. The van der Waals surface area contributed by atoms with Crippen LogP contribution >= 0.6 is 11.6 Å². The lowest BCUT2D eigenvalue weighted by Crippen LogP contribution is -2.26. The van der Waals surface area contributed by atoms with Crippen LogP contribution in [0.4, 0.5) is 5.82 Å². The van der Waals surface area contributed by atoms with Crippen molar-refractivity contribution in [2.75, 3.05) is 5.32 Å². The molecule has 2 aromatic carbocycles. The molecule has 132 valence electrons. The Balaban J connectivity index is 1.65. The maximum absolute atomic E-state index is 12.3. The second kappa shape index (κ2) is 7.84. The molecule has 0 aliphatic carbocycles. The van der Waals surface area contributed by atoms with Gasteiger partial charge in [0.15, 0.2) is 5.82 Å². The fraction of sp³-hybridized carbons (Fsp3) is 0.105. The van der Waals surface area contributed by atoms with Gasteiger partial charge in [-0.15, -0.1) is 0 Å². The molecule has 2 amide bonds. The van der Waals surface area contributed by atoms with E-state index in [0.717, 1.165) is 5.56 Å². The van der Waals surface area contributed by atoms with Crippen LogP contribution in [0.25, 0.3) is 0 Å². The number of benzene rings is 2. The molecule has 0 radical (unpaired) electrons. The fourth-order valence-electron chi connectivity index (χ4n) is 2.43. The molecule has 0 bridgehead atoms. The maximum Gasteiger partial charge on any atom is 0.269 e. The van der Waals surface area contributed by atoms with Crippen molar-refractivity contribution in [3.05, 3.63) is 82.5 Å². The van der Waals surface area contributed by atoms with E-state index in [0.29, 0.717) is 10.6 Å². The number of halogens is 1. The zero-order chi connectivity index (χ0) is 18.5. The number of aromatic nitrogens is 2. The van der Waals surface area contributed by atoms with Gasteiger partial charge in [-0.1, -0.05) is 54.1 Å². The average Bonchev–Trinajstić information content (AvgIpc) is 3.11. The minimum Gasteiger partial charge on any atom is -0.344 e. The van der Waals surface area contributed by atoms with Crippen LogP contribution in [-0.2, 0) is 0 Å². The molecule has 3 N–H and O–H groups in total. The van der Waals surface area contributed by atoms with Crippen molar-refractivity contribution in [3.8, 4) is 0 Å². The smallest absolute Gasteiger partial charge is 0.269 e. The van der Waals surface area contributed by atoms with E-state index in [2.05, 4.69) is 20.8 Å². The van der Waals surface area contributed by atoms with Crippen molar-refractivity contribution in [2.24, 2.45) is 0 Å². The summed E-state index contributed by atoms with van der Waals surface area (Å²) in [5.41, 5.74) is 1.58. The molecule has 1 aromatic heterocycles. The Labute approximate surface area is 155 Å². The van der Waals surface area contributed by atoms with Crippen molar-refractivity contribution in [1.82, 2.24) is 15.5 Å². The van der Waals surface area contributed by atoms with Crippen molar-refractivity contribution >= 4 is 29.2 Å². The van der Waals surface area contributed by atoms with Crippen LogP contribution in [-0.4, -0.2) is 22.0 Å². The summed E-state index contributed by atoms with van der Waals surface area (Å²) in [6, 6.07) is 17.6. The lowest BCUT2D eigenvalue weighted by Gasteiger charge is -2.13. The Morgan fingerprint density at radius 2 is 1.73 bits per heavy atom.